The Morgan fingerprint density at radius 1 is 1.08 bits per heavy atom. The Bertz CT molecular complexity index is 984. The van der Waals surface area contributed by atoms with E-state index in [2.05, 4.69) is 15.5 Å². The van der Waals surface area contributed by atoms with E-state index in [1.807, 2.05) is 42.5 Å². The second kappa shape index (κ2) is 6.75. The van der Waals surface area contributed by atoms with Gasteiger partial charge >= 0.3 is 0 Å². The van der Waals surface area contributed by atoms with Crippen LogP contribution >= 0.6 is 0 Å². The van der Waals surface area contributed by atoms with Gasteiger partial charge in [0.25, 0.3) is 0 Å². The molecule has 26 heavy (non-hydrogen) atoms. The highest BCUT2D eigenvalue weighted by molar-refractivity contribution is 6.01. The van der Waals surface area contributed by atoms with Crippen molar-refractivity contribution in [1.29, 1.82) is 0 Å². The lowest BCUT2D eigenvalue weighted by Crippen LogP contribution is -2.20. The maximum absolute atomic E-state index is 12.3. The minimum atomic E-state index is 0.0476. The minimum absolute atomic E-state index is 0.0476. The van der Waals surface area contributed by atoms with Crippen LogP contribution in [0.25, 0.3) is 22.0 Å². The summed E-state index contributed by atoms with van der Waals surface area (Å²) in [4.78, 5) is 23.9. The van der Waals surface area contributed by atoms with Crippen molar-refractivity contribution in [3.63, 3.8) is 0 Å². The fourth-order valence-corrected chi connectivity index (χ4v) is 3.62. The van der Waals surface area contributed by atoms with E-state index in [0.717, 1.165) is 47.7 Å². The van der Waals surface area contributed by atoms with Crippen molar-refractivity contribution < 1.29 is 9.59 Å². The number of nitrogens with zero attached hydrogens (tertiary/aromatic N) is 1. The number of H-pyrrole nitrogens is 1. The average Bonchev–Trinajstić information content (AvgIpc) is 3.32. The molecule has 0 aliphatic heterocycles. The van der Waals surface area contributed by atoms with Crippen LogP contribution in [0, 0.1) is 5.92 Å². The molecule has 1 saturated carbocycles. The van der Waals surface area contributed by atoms with Crippen LogP contribution in [0.4, 0.5) is 5.82 Å². The van der Waals surface area contributed by atoms with Gasteiger partial charge in [-0.2, -0.15) is 5.10 Å². The summed E-state index contributed by atoms with van der Waals surface area (Å²) in [5, 5.41) is 11.1. The largest absolute Gasteiger partial charge is 0.308 e. The number of hydrogen-bond donors (Lipinski definition) is 2. The van der Waals surface area contributed by atoms with Crippen molar-refractivity contribution in [2.75, 3.05) is 5.32 Å². The molecule has 132 valence electrons. The molecule has 2 N–H and O–H groups in total. The summed E-state index contributed by atoms with van der Waals surface area (Å²) >= 11 is 0. The van der Waals surface area contributed by atoms with E-state index in [-0.39, 0.29) is 17.6 Å². The van der Waals surface area contributed by atoms with Crippen molar-refractivity contribution >= 4 is 28.4 Å². The Balaban J connectivity index is 1.62. The van der Waals surface area contributed by atoms with Crippen LogP contribution < -0.4 is 5.32 Å². The molecule has 0 spiro atoms. The summed E-state index contributed by atoms with van der Waals surface area (Å²) in [5.41, 5.74) is 3.53. The van der Waals surface area contributed by atoms with E-state index in [0.29, 0.717) is 11.4 Å². The fourth-order valence-electron chi connectivity index (χ4n) is 3.62. The van der Waals surface area contributed by atoms with Crippen molar-refractivity contribution in [3.8, 4) is 11.1 Å². The van der Waals surface area contributed by atoms with Gasteiger partial charge in [-0.1, -0.05) is 37.1 Å². The molecule has 1 fully saturated rings. The molecule has 5 heteroatoms. The van der Waals surface area contributed by atoms with Crippen LogP contribution in [0.2, 0.25) is 0 Å². The van der Waals surface area contributed by atoms with E-state index in [1.54, 1.807) is 6.92 Å². The number of hydrogen-bond acceptors (Lipinski definition) is 3. The lowest BCUT2D eigenvalue weighted by atomic mass is 10.0. The second-order valence-corrected chi connectivity index (χ2v) is 6.94. The van der Waals surface area contributed by atoms with Crippen molar-refractivity contribution in [1.82, 2.24) is 10.2 Å². The highest BCUT2D eigenvalue weighted by Crippen LogP contribution is 2.30. The Morgan fingerprint density at radius 2 is 1.85 bits per heavy atom. The van der Waals surface area contributed by atoms with Crippen LogP contribution in [-0.2, 0) is 4.79 Å². The lowest BCUT2D eigenvalue weighted by Gasteiger charge is -2.08. The molecule has 0 unspecified atom stereocenters. The molecule has 0 saturated heterocycles. The molecule has 1 aromatic heterocycles. The number of aromatic amines is 1. The molecule has 1 aliphatic rings. The number of nitrogens with one attached hydrogen (secondary N) is 2. The van der Waals surface area contributed by atoms with Crippen LogP contribution in [0.3, 0.4) is 0 Å². The molecule has 4 rings (SSSR count). The van der Waals surface area contributed by atoms with Gasteiger partial charge in [-0.15, -0.1) is 0 Å². The number of aromatic nitrogens is 2. The summed E-state index contributed by atoms with van der Waals surface area (Å²) in [7, 11) is 0. The predicted molar refractivity (Wildman–Crippen MR) is 102 cm³/mol. The Morgan fingerprint density at radius 3 is 2.62 bits per heavy atom. The van der Waals surface area contributed by atoms with Crippen LogP contribution in [0.15, 0.2) is 42.5 Å². The zero-order chi connectivity index (χ0) is 18.1. The van der Waals surface area contributed by atoms with E-state index < -0.39 is 0 Å². The molecular weight excluding hydrogens is 326 g/mol. The van der Waals surface area contributed by atoms with E-state index in [1.165, 1.54) is 0 Å². The van der Waals surface area contributed by atoms with Crippen LogP contribution in [-0.4, -0.2) is 21.9 Å². The summed E-state index contributed by atoms with van der Waals surface area (Å²) in [6.07, 6.45) is 4.18. The number of benzene rings is 2. The predicted octanol–water partition coefficient (Wildman–Crippen LogP) is 4.56. The van der Waals surface area contributed by atoms with Crippen molar-refractivity contribution in [2.24, 2.45) is 5.92 Å². The third-order valence-electron chi connectivity index (χ3n) is 5.13. The molecule has 1 heterocycles. The lowest BCUT2D eigenvalue weighted by molar-refractivity contribution is -0.119. The zero-order valence-electron chi connectivity index (χ0n) is 14.7. The maximum atomic E-state index is 12.3. The summed E-state index contributed by atoms with van der Waals surface area (Å²) in [6, 6.07) is 13.5. The molecule has 0 atom stereocenters. The van der Waals surface area contributed by atoms with E-state index in [9.17, 15) is 9.59 Å². The first-order valence-electron chi connectivity index (χ1n) is 9.02. The van der Waals surface area contributed by atoms with Crippen molar-refractivity contribution in [3.05, 3.63) is 48.0 Å². The number of rotatable bonds is 4. The Hall–Kier alpha value is -2.95. The summed E-state index contributed by atoms with van der Waals surface area (Å²) in [6.45, 7) is 1.57. The fraction of sp³-hybridized carbons (Fsp3) is 0.286. The SMILES string of the molecule is CC(=O)c1cccc(-c2ccc3c(NC(=O)C4CCCC4)n[nH]c3c2)c1. The topological polar surface area (TPSA) is 74.8 Å². The number of Topliss-reactive ketones (excluding diaryl/α,β-unsaturated/α-hetero) is 1. The number of amides is 1. The monoisotopic (exact) mass is 347 g/mol. The highest BCUT2D eigenvalue weighted by atomic mass is 16.2. The second-order valence-electron chi connectivity index (χ2n) is 6.94. The first kappa shape index (κ1) is 16.5. The molecule has 1 amide bonds. The minimum Gasteiger partial charge on any atom is -0.308 e. The molecule has 5 nitrogen and oxygen atoms in total. The average molecular weight is 347 g/mol. The molecule has 0 bridgehead atoms. The summed E-state index contributed by atoms with van der Waals surface area (Å²) in [5.74, 6) is 0.803. The smallest absolute Gasteiger partial charge is 0.228 e. The number of carbonyl (C=O) groups is 2. The maximum Gasteiger partial charge on any atom is 0.228 e. The Kier molecular flexibility index (Phi) is 4.29. The van der Waals surface area contributed by atoms with Crippen molar-refractivity contribution in [2.45, 2.75) is 32.6 Å². The van der Waals surface area contributed by atoms with Crippen LogP contribution in [0.1, 0.15) is 43.0 Å². The first-order chi connectivity index (χ1) is 12.6. The number of carbonyl (C=O) groups excluding carboxylic acids is 2. The van der Waals surface area contributed by atoms with Gasteiger partial charge in [0.05, 0.1) is 5.52 Å². The molecule has 1 aliphatic carbocycles. The summed E-state index contributed by atoms with van der Waals surface area (Å²) < 4.78 is 0. The zero-order valence-corrected chi connectivity index (χ0v) is 14.7. The number of fused-ring (bicyclic) bond motifs is 1. The molecular formula is C21H21N3O2. The van der Waals surface area contributed by atoms with Gasteiger partial charge < -0.3 is 5.32 Å². The van der Waals surface area contributed by atoms with Gasteiger partial charge in [-0.25, -0.2) is 0 Å². The number of ketones is 1. The number of anilines is 1. The van der Waals surface area contributed by atoms with Crippen LogP contribution in [0.5, 0.6) is 0 Å². The van der Waals surface area contributed by atoms with E-state index >= 15 is 0 Å². The quantitative estimate of drug-likeness (QED) is 0.679. The molecule has 0 radical (unpaired) electrons. The van der Waals surface area contributed by atoms with Gasteiger partial charge in [-0.05, 0) is 49.1 Å². The van der Waals surface area contributed by atoms with Gasteiger partial charge in [0.1, 0.15) is 0 Å². The van der Waals surface area contributed by atoms with Gasteiger partial charge in [0, 0.05) is 16.9 Å². The third kappa shape index (κ3) is 3.12. The first-order valence-corrected chi connectivity index (χ1v) is 9.02. The van der Waals surface area contributed by atoms with Gasteiger partial charge in [-0.3, -0.25) is 14.7 Å². The van der Waals surface area contributed by atoms with Gasteiger partial charge in [0.15, 0.2) is 11.6 Å². The molecule has 2 aromatic carbocycles. The van der Waals surface area contributed by atoms with Gasteiger partial charge in [0.2, 0.25) is 5.91 Å². The molecule has 3 aromatic rings. The van der Waals surface area contributed by atoms with E-state index in [4.69, 9.17) is 0 Å². The third-order valence-corrected chi connectivity index (χ3v) is 5.13. The highest BCUT2D eigenvalue weighted by Gasteiger charge is 2.23. The Labute approximate surface area is 151 Å². The standard InChI is InChI=1S/C21H21N3O2/c1-13(25)15-7-4-8-16(11-15)17-9-10-18-19(12-17)23-24-20(18)22-21(26)14-5-2-3-6-14/h4,7-12,14H,2-3,5-6H2,1H3,(H2,22,23,24,26). The normalized spacial score (nSPS) is 14.7.